The SMILES string of the molecule is CCC(C)(C)CNC(=O)c1cc(S(N)(=O)=O)c(C)cc1F. The summed E-state index contributed by atoms with van der Waals surface area (Å²) in [6, 6.07) is 1.98. The Labute approximate surface area is 124 Å². The lowest BCUT2D eigenvalue weighted by Crippen LogP contribution is -2.34. The number of hydrogen-bond donors (Lipinski definition) is 2. The summed E-state index contributed by atoms with van der Waals surface area (Å²) < 4.78 is 36.7. The molecule has 0 aliphatic heterocycles. The maximum absolute atomic E-state index is 13.9. The van der Waals surface area contributed by atoms with Crippen LogP contribution in [0.2, 0.25) is 0 Å². The second kappa shape index (κ2) is 6.11. The third-order valence-electron chi connectivity index (χ3n) is 3.50. The van der Waals surface area contributed by atoms with Gasteiger partial charge in [-0.2, -0.15) is 0 Å². The van der Waals surface area contributed by atoms with Gasteiger partial charge in [-0.15, -0.1) is 0 Å². The van der Waals surface area contributed by atoms with Crippen LogP contribution in [0.4, 0.5) is 4.39 Å². The Morgan fingerprint density at radius 3 is 2.43 bits per heavy atom. The summed E-state index contributed by atoms with van der Waals surface area (Å²) in [7, 11) is -4.00. The summed E-state index contributed by atoms with van der Waals surface area (Å²) in [5, 5.41) is 7.67. The van der Waals surface area contributed by atoms with E-state index in [1.807, 2.05) is 20.8 Å². The van der Waals surface area contributed by atoms with Gasteiger partial charge in [0.1, 0.15) is 5.82 Å². The van der Waals surface area contributed by atoms with E-state index in [-0.39, 0.29) is 21.4 Å². The van der Waals surface area contributed by atoms with Gasteiger partial charge < -0.3 is 5.32 Å². The largest absolute Gasteiger partial charge is 0.351 e. The van der Waals surface area contributed by atoms with Gasteiger partial charge in [0, 0.05) is 6.54 Å². The van der Waals surface area contributed by atoms with Crippen molar-refractivity contribution in [1.29, 1.82) is 0 Å². The molecule has 0 aromatic heterocycles. The Morgan fingerprint density at radius 2 is 1.95 bits per heavy atom. The van der Waals surface area contributed by atoms with Gasteiger partial charge in [-0.1, -0.05) is 20.8 Å². The van der Waals surface area contributed by atoms with E-state index < -0.39 is 21.7 Å². The van der Waals surface area contributed by atoms with Crippen molar-refractivity contribution in [3.05, 3.63) is 29.1 Å². The number of halogens is 1. The molecule has 0 aliphatic carbocycles. The first-order chi connectivity index (χ1) is 9.48. The van der Waals surface area contributed by atoms with Crippen LogP contribution in [-0.4, -0.2) is 20.9 Å². The number of hydrogen-bond acceptors (Lipinski definition) is 3. The first-order valence-electron chi connectivity index (χ1n) is 6.59. The summed E-state index contributed by atoms with van der Waals surface area (Å²) in [5.74, 6) is -1.43. The molecule has 1 rings (SSSR count). The van der Waals surface area contributed by atoms with Crippen LogP contribution in [-0.2, 0) is 10.0 Å². The normalized spacial score (nSPS) is 12.3. The average Bonchev–Trinajstić information content (AvgIpc) is 2.34. The highest BCUT2D eigenvalue weighted by Crippen LogP contribution is 2.21. The quantitative estimate of drug-likeness (QED) is 0.870. The standard InChI is InChI=1S/C14H21FN2O3S/c1-5-14(3,4)8-17-13(18)10-7-12(21(16,19)20)9(2)6-11(10)15/h6-7H,5,8H2,1-4H3,(H,17,18)(H2,16,19,20). The average molecular weight is 316 g/mol. The number of benzene rings is 1. The van der Waals surface area contributed by atoms with Gasteiger partial charge in [0.2, 0.25) is 10.0 Å². The van der Waals surface area contributed by atoms with Crippen molar-refractivity contribution >= 4 is 15.9 Å². The van der Waals surface area contributed by atoms with Crippen LogP contribution in [0, 0.1) is 18.2 Å². The lowest BCUT2D eigenvalue weighted by atomic mass is 9.90. The zero-order valence-corrected chi connectivity index (χ0v) is 13.5. The summed E-state index contributed by atoms with van der Waals surface area (Å²) in [6.45, 7) is 7.70. The Bertz CT molecular complexity index is 654. The molecule has 5 nitrogen and oxygen atoms in total. The zero-order chi connectivity index (χ0) is 16.4. The third-order valence-corrected chi connectivity index (χ3v) is 4.55. The lowest BCUT2D eigenvalue weighted by Gasteiger charge is -2.23. The maximum atomic E-state index is 13.9. The van der Waals surface area contributed by atoms with Gasteiger partial charge in [-0.3, -0.25) is 4.79 Å². The predicted molar refractivity (Wildman–Crippen MR) is 78.9 cm³/mol. The Kier molecular flexibility index (Phi) is 5.11. The van der Waals surface area contributed by atoms with Crippen molar-refractivity contribution < 1.29 is 17.6 Å². The number of nitrogens with two attached hydrogens (primary N) is 1. The molecule has 0 fully saturated rings. The van der Waals surface area contributed by atoms with Crippen molar-refractivity contribution in [1.82, 2.24) is 5.32 Å². The molecule has 0 aliphatic rings. The molecule has 0 saturated heterocycles. The molecule has 118 valence electrons. The summed E-state index contributed by atoms with van der Waals surface area (Å²) in [6.07, 6.45) is 0.839. The minimum atomic E-state index is -4.00. The summed E-state index contributed by atoms with van der Waals surface area (Å²) in [4.78, 5) is 11.8. The van der Waals surface area contributed by atoms with Crippen LogP contribution in [0.1, 0.15) is 43.1 Å². The summed E-state index contributed by atoms with van der Waals surface area (Å²) >= 11 is 0. The van der Waals surface area contributed by atoms with Gasteiger partial charge in [0.05, 0.1) is 10.5 Å². The van der Waals surface area contributed by atoms with Crippen LogP contribution in [0.3, 0.4) is 0 Å². The van der Waals surface area contributed by atoms with E-state index in [1.165, 1.54) is 6.92 Å². The molecular weight excluding hydrogens is 295 g/mol. The van der Waals surface area contributed by atoms with Crippen molar-refractivity contribution in [3.8, 4) is 0 Å². The second-order valence-electron chi connectivity index (χ2n) is 5.84. The number of amides is 1. The van der Waals surface area contributed by atoms with Crippen LogP contribution in [0.25, 0.3) is 0 Å². The van der Waals surface area contributed by atoms with Crippen molar-refractivity contribution in [2.75, 3.05) is 6.54 Å². The monoisotopic (exact) mass is 316 g/mol. The predicted octanol–water partition coefficient (Wildman–Crippen LogP) is 1.95. The number of carbonyl (C=O) groups excluding carboxylic acids is 1. The molecule has 7 heteroatoms. The number of carbonyl (C=O) groups is 1. The van der Waals surface area contributed by atoms with E-state index in [0.717, 1.165) is 18.6 Å². The molecule has 1 aromatic carbocycles. The van der Waals surface area contributed by atoms with Gasteiger partial charge in [-0.25, -0.2) is 17.9 Å². The fraction of sp³-hybridized carbons (Fsp3) is 0.500. The summed E-state index contributed by atoms with van der Waals surface area (Å²) in [5.41, 5.74) is -0.281. The molecule has 0 saturated carbocycles. The number of nitrogens with one attached hydrogen (secondary N) is 1. The van der Waals surface area contributed by atoms with Crippen molar-refractivity contribution in [3.63, 3.8) is 0 Å². The van der Waals surface area contributed by atoms with Crippen LogP contribution >= 0.6 is 0 Å². The highest BCUT2D eigenvalue weighted by Gasteiger charge is 2.21. The Morgan fingerprint density at radius 1 is 1.38 bits per heavy atom. The number of aryl methyl sites for hydroxylation is 1. The maximum Gasteiger partial charge on any atom is 0.254 e. The highest BCUT2D eigenvalue weighted by molar-refractivity contribution is 7.89. The lowest BCUT2D eigenvalue weighted by molar-refractivity contribution is 0.0931. The van der Waals surface area contributed by atoms with Crippen molar-refractivity contribution in [2.24, 2.45) is 10.6 Å². The van der Waals surface area contributed by atoms with Gasteiger partial charge in [0.25, 0.3) is 5.91 Å². The van der Waals surface area contributed by atoms with Gasteiger partial charge in [-0.05, 0) is 36.5 Å². The third kappa shape index (κ3) is 4.50. The smallest absolute Gasteiger partial charge is 0.254 e. The first kappa shape index (κ1) is 17.6. The molecule has 1 amide bonds. The molecule has 0 heterocycles. The first-order valence-corrected chi connectivity index (χ1v) is 8.14. The van der Waals surface area contributed by atoms with E-state index in [1.54, 1.807) is 0 Å². The fourth-order valence-electron chi connectivity index (χ4n) is 1.67. The molecule has 0 spiro atoms. The van der Waals surface area contributed by atoms with E-state index in [4.69, 9.17) is 5.14 Å². The van der Waals surface area contributed by atoms with Crippen LogP contribution in [0.5, 0.6) is 0 Å². The van der Waals surface area contributed by atoms with Crippen molar-refractivity contribution in [2.45, 2.75) is 39.0 Å². The molecule has 3 N–H and O–H groups in total. The van der Waals surface area contributed by atoms with Crippen LogP contribution < -0.4 is 10.5 Å². The van der Waals surface area contributed by atoms with E-state index in [2.05, 4.69) is 5.32 Å². The van der Waals surface area contributed by atoms with E-state index in [0.29, 0.717) is 6.54 Å². The van der Waals surface area contributed by atoms with E-state index >= 15 is 0 Å². The minimum Gasteiger partial charge on any atom is -0.351 e. The van der Waals surface area contributed by atoms with E-state index in [9.17, 15) is 17.6 Å². The van der Waals surface area contributed by atoms with Gasteiger partial charge in [0.15, 0.2) is 0 Å². The Balaban J connectivity index is 3.11. The molecular formula is C14H21FN2O3S. The fourth-order valence-corrected chi connectivity index (χ4v) is 2.46. The molecule has 1 aromatic rings. The number of rotatable bonds is 5. The molecule has 0 unspecified atom stereocenters. The minimum absolute atomic E-state index is 0.125. The Hall–Kier alpha value is -1.47. The van der Waals surface area contributed by atoms with Crippen LogP contribution in [0.15, 0.2) is 17.0 Å². The number of sulfonamides is 1. The van der Waals surface area contributed by atoms with Gasteiger partial charge >= 0.3 is 0 Å². The number of primary sulfonamides is 1. The molecule has 0 atom stereocenters. The molecule has 0 bridgehead atoms. The highest BCUT2D eigenvalue weighted by atomic mass is 32.2. The molecule has 21 heavy (non-hydrogen) atoms. The molecule has 0 radical (unpaired) electrons. The zero-order valence-electron chi connectivity index (χ0n) is 12.7. The second-order valence-corrected chi connectivity index (χ2v) is 7.37. The topological polar surface area (TPSA) is 89.3 Å².